The number of carbonyl (C=O) groups is 1. The summed E-state index contributed by atoms with van der Waals surface area (Å²) in [5.74, 6) is 1.86. The fourth-order valence-corrected chi connectivity index (χ4v) is 1.63. The van der Waals surface area contributed by atoms with Gasteiger partial charge in [-0.25, -0.2) is 0 Å². The molecule has 0 aromatic heterocycles. The number of rotatable bonds is 6. The normalized spacial score (nSPS) is 10.7. The van der Waals surface area contributed by atoms with Gasteiger partial charge >= 0.3 is 0 Å². The molecule has 0 radical (unpaired) electrons. The van der Waals surface area contributed by atoms with Crippen molar-refractivity contribution in [2.75, 3.05) is 7.11 Å². The molecule has 116 valence electrons. The highest BCUT2D eigenvalue weighted by molar-refractivity contribution is 5.74. The number of methoxy groups -OCH3 is 1. The van der Waals surface area contributed by atoms with Crippen LogP contribution in [-0.4, -0.2) is 12.9 Å². The average molecular weight is 280 g/mol. The van der Waals surface area contributed by atoms with Gasteiger partial charge in [0, 0.05) is 6.42 Å². The van der Waals surface area contributed by atoms with E-state index in [1.54, 1.807) is 14.0 Å². The molecular weight excluding hydrogens is 248 g/mol. The molecule has 2 nitrogen and oxygen atoms in total. The molecule has 1 atom stereocenters. The molecule has 0 aliphatic heterocycles. The van der Waals surface area contributed by atoms with Gasteiger partial charge in [-0.3, -0.25) is 0 Å². The summed E-state index contributed by atoms with van der Waals surface area (Å²) in [7, 11) is 1.72. The third-order valence-electron chi connectivity index (χ3n) is 3.15. The third kappa shape index (κ3) is 9.60. The van der Waals surface area contributed by atoms with Crippen LogP contribution in [0.3, 0.4) is 0 Å². The highest BCUT2D eigenvalue weighted by Crippen LogP contribution is 2.24. The van der Waals surface area contributed by atoms with Crippen molar-refractivity contribution in [3.05, 3.63) is 29.8 Å². The molecule has 0 N–H and O–H groups in total. The van der Waals surface area contributed by atoms with E-state index in [2.05, 4.69) is 32.0 Å². The summed E-state index contributed by atoms with van der Waals surface area (Å²) in [6.07, 6.45) is 4.51. The molecule has 0 bridgehead atoms. The Morgan fingerprint density at radius 3 is 2.35 bits per heavy atom. The van der Waals surface area contributed by atoms with Crippen LogP contribution < -0.4 is 4.74 Å². The minimum atomic E-state index is 0. The van der Waals surface area contributed by atoms with Crippen molar-refractivity contribution in [3.8, 4) is 5.75 Å². The molecule has 0 fully saturated rings. The lowest BCUT2D eigenvalue weighted by Crippen LogP contribution is -1.94. The van der Waals surface area contributed by atoms with E-state index < -0.39 is 0 Å². The number of hydrogen-bond acceptors (Lipinski definition) is 2. The topological polar surface area (TPSA) is 26.3 Å². The van der Waals surface area contributed by atoms with E-state index in [1.165, 1.54) is 24.8 Å². The molecule has 0 amide bonds. The van der Waals surface area contributed by atoms with Crippen LogP contribution in [0.5, 0.6) is 5.75 Å². The van der Waals surface area contributed by atoms with Gasteiger partial charge in [0.25, 0.3) is 0 Å². The second-order valence-corrected chi connectivity index (χ2v) is 4.88. The lowest BCUT2D eigenvalue weighted by molar-refractivity contribution is -0.116. The number of unbranched alkanes of at least 4 members (excludes halogenated alkanes) is 1. The Bertz CT molecular complexity index is 358. The SMILES string of the molecule is C.CCC(C)=O.CCCCC(C)c1cccc(OC)c1. The molecule has 0 aliphatic rings. The van der Waals surface area contributed by atoms with Crippen LogP contribution in [-0.2, 0) is 4.79 Å². The third-order valence-corrected chi connectivity index (χ3v) is 3.15. The van der Waals surface area contributed by atoms with Gasteiger partial charge in [-0.2, -0.15) is 0 Å². The molecule has 0 spiro atoms. The Morgan fingerprint density at radius 1 is 1.30 bits per heavy atom. The maximum Gasteiger partial charge on any atom is 0.129 e. The van der Waals surface area contributed by atoms with Crippen LogP contribution in [0.4, 0.5) is 0 Å². The number of ether oxygens (including phenoxy) is 1. The largest absolute Gasteiger partial charge is 0.497 e. The van der Waals surface area contributed by atoms with Crippen molar-refractivity contribution in [2.45, 2.75) is 66.7 Å². The van der Waals surface area contributed by atoms with E-state index in [1.807, 2.05) is 13.0 Å². The first kappa shape index (κ1) is 21.0. The highest BCUT2D eigenvalue weighted by Gasteiger charge is 2.05. The van der Waals surface area contributed by atoms with Crippen molar-refractivity contribution in [2.24, 2.45) is 0 Å². The van der Waals surface area contributed by atoms with Gasteiger partial charge in [-0.05, 0) is 37.0 Å². The maximum atomic E-state index is 9.81. The predicted octanol–water partition coefficient (Wildman–Crippen LogP) is 5.61. The summed E-state index contributed by atoms with van der Waals surface area (Å²) in [5, 5.41) is 0. The number of hydrogen-bond donors (Lipinski definition) is 0. The predicted molar refractivity (Wildman–Crippen MR) is 88.6 cm³/mol. The minimum absolute atomic E-state index is 0. The summed E-state index contributed by atoms with van der Waals surface area (Å²) >= 11 is 0. The average Bonchev–Trinajstić information content (AvgIpc) is 2.45. The van der Waals surface area contributed by atoms with Crippen LogP contribution in [0.15, 0.2) is 24.3 Å². The molecule has 1 aromatic rings. The second kappa shape index (κ2) is 12.7. The van der Waals surface area contributed by atoms with E-state index in [9.17, 15) is 4.79 Å². The van der Waals surface area contributed by atoms with Gasteiger partial charge in [-0.1, -0.05) is 53.2 Å². The first-order valence-corrected chi connectivity index (χ1v) is 7.18. The monoisotopic (exact) mass is 280 g/mol. The van der Waals surface area contributed by atoms with Gasteiger partial charge in [0.1, 0.15) is 11.5 Å². The lowest BCUT2D eigenvalue weighted by atomic mass is 9.95. The van der Waals surface area contributed by atoms with E-state index in [0.717, 1.165) is 5.75 Å². The Hall–Kier alpha value is -1.31. The van der Waals surface area contributed by atoms with Crippen molar-refractivity contribution in [3.63, 3.8) is 0 Å². The van der Waals surface area contributed by atoms with Gasteiger partial charge in [0.2, 0.25) is 0 Å². The van der Waals surface area contributed by atoms with E-state index >= 15 is 0 Å². The lowest BCUT2D eigenvalue weighted by Gasteiger charge is -2.12. The Kier molecular flexibility index (Phi) is 13.3. The molecular formula is C18H32O2. The van der Waals surface area contributed by atoms with Crippen LogP contribution in [0.2, 0.25) is 0 Å². The summed E-state index contributed by atoms with van der Waals surface area (Å²) in [6, 6.07) is 8.38. The van der Waals surface area contributed by atoms with Crippen molar-refractivity contribution in [1.29, 1.82) is 0 Å². The molecule has 0 saturated carbocycles. The van der Waals surface area contributed by atoms with Crippen LogP contribution in [0.1, 0.15) is 72.3 Å². The minimum Gasteiger partial charge on any atom is -0.497 e. The Morgan fingerprint density at radius 2 is 1.90 bits per heavy atom. The first-order chi connectivity index (χ1) is 9.04. The van der Waals surface area contributed by atoms with E-state index in [-0.39, 0.29) is 13.2 Å². The molecule has 0 heterocycles. The van der Waals surface area contributed by atoms with Crippen molar-refractivity contribution < 1.29 is 9.53 Å². The van der Waals surface area contributed by atoms with Gasteiger partial charge in [0.15, 0.2) is 0 Å². The van der Waals surface area contributed by atoms with Gasteiger partial charge < -0.3 is 9.53 Å². The molecule has 0 saturated heterocycles. The zero-order valence-electron chi connectivity index (χ0n) is 13.0. The van der Waals surface area contributed by atoms with Gasteiger partial charge in [-0.15, -0.1) is 0 Å². The Labute approximate surface area is 125 Å². The number of carbonyl (C=O) groups excluding carboxylic acids is 1. The zero-order valence-corrected chi connectivity index (χ0v) is 13.0. The summed E-state index contributed by atoms with van der Waals surface area (Å²) in [6.45, 7) is 7.95. The molecule has 1 unspecified atom stereocenters. The van der Waals surface area contributed by atoms with E-state index in [4.69, 9.17) is 4.74 Å². The smallest absolute Gasteiger partial charge is 0.129 e. The first-order valence-electron chi connectivity index (χ1n) is 7.18. The number of benzene rings is 1. The fourth-order valence-electron chi connectivity index (χ4n) is 1.63. The maximum absolute atomic E-state index is 9.81. The van der Waals surface area contributed by atoms with E-state index in [0.29, 0.717) is 12.3 Å². The summed E-state index contributed by atoms with van der Waals surface area (Å²) < 4.78 is 5.21. The fraction of sp³-hybridized carbons (Fsp3) is 0.611. The molecule has 1 rings (SSSR count). The highest BCUT2D eigenvalue weighted by atomic mass is 16.5. The zero-order chi connectivity index (χ0) is 14.7. The number of ketones is 1. The standard InChI is InChI=1S/C13H20O.C4H8O.CH4/c1-4-5-7-11(2)12-8-6-9-13(10-12)14-3;1-3-4(2)5;/h6,8-11H,4-5,7H2,1-3H3;3H2,1-2H3;1H4. The quantitative estimate of drug-likeness (QED) is 0.677. The molecule has 2 heteroatoms. The van der Waals surface area contributed by atoms with Crippen molar-refractivity contribution in [1.82, 2.24) is 0 Å². The summed E-state index contributed by atoms with van der Waals surface area (Å²) in [4.78, 5) is 9.81. The molecule has 0 aliphatic carbocycles. The van der Waals surface area contributed by atoms with Crippen LogP contribution >= 0.6 is 0 Å². The van der Waals surface area contributed by atoms with Crippen LogP contribution in [0.25, 0.3) is 0 Å². The second-order valence-electron chi connectivity index (χ2n) is 4.88. The Balaban J connectivity index is 0. The molecule has 1 aromatic carbocycles. The number of Topliss-reactive ketones (excluding diaryl/α,β-unsaturated/α-hetero) is 1. The van der Waals surface area contributed by atoms with Gasteiger partial charge in [0.05, 0.1) is 7.11 Å². The molecule has 20 heavy (non-hydrogen) atoms. The summed E-state index contributed by atoms with van der Waals surface area (Å²) in [5.41, 5.74) is 1.39. The van der Waals surface area contributed by atoms with Crippen molar-refractivity contribution >= 4 is 5.78 Å². The van der Waals surface area contributed by atoms with Crippen LogP contribution in [0, 0.1) is 0 Å².